The van der Waals surface area contributed by atoms with Crippen molar-refractivity contribution in [1.29, 1.82) is 0 Å². The molecule has 5 nitrogen and oxygen atoms in total. The Morgan fingerprint density at radius 3 is 2.52 bits per heavy atom. The number of nitrogen functional groups attached to an aromatic ring is 1. The van der Waals surface area contributed by atoms with E-state index in [0.29, 0.717) is 25.1 Å². The molecule has 8 heteroatoms. The van der Waals surface area contributed by atoms with Gasteiger partial charge in [0.15, 0.2) is 5.75 Å². The summed E-state index contributed by atoms with van der Waals surface area (Å²) in [6.45, 7) is 0.989. The molecule has 132 valence electrons. The summed E-state index contributed by atoms with van der Waals surface area (Å²) in [5.74, 6) is 0.146. The lowest BCUT2D eigenvalue weighted by atomic mass is 9.96. The normalized spacial score (nSPS) is 14.1. The molecule has 0 aromatic heterocycles. The first-order valence-electron chi connectivity index (χ1n) is 7.55. The number of alkyl halides is 3. The van der Waals surface area contributed by atoms with Gasteiger partial charge in [-0.15, -0.1) is 0 Å². The van der Waals surface area contributed by atoms with Crippen LogP contribution >= 0.6 is 0 Å². The molecule has 3 rings (SSSR count). The van der Waals surface area contributed by atoms with E-state index in [9.17, 15) is 18.0 Å². The number of amides is 1. The maximum absolute atomic E-state index is 12.9. The van der Waals surface area contributed by atoms with Gasteiger partial charge in [0.05, 0.1) is 11.3 Å². The number of nitrogens with zero attached hydrogens (tertiary/aromatic N) is 1. The minimum absolute atomic E-state index is 0.146. The minimum atomic E-state index is -4.37. The zero-order valence-corrected chi connectivity index (χ0v) is 13.1. The van der Waals surface area contributed by atoms with Gasteiger partial charge >= 0.3 is 12.3 Å². The molecule has 4 N–H and O–H groups in total. The molecule has 0 saturated carbocycles. The van der Waals surface area contributed by atoms with Gasteiger partial charge in [0.25, 0.3) is 0 Å². The van der Waals surface area contributed by atoms with E-state index in [2.05, 4.69) is 0 Å². The third kappa shape index (κ3) is 3.62. The van der Waals surface area contributed by atoms with Crippen molar-refractivity contribution in [3.63, 3.8) is 0 Å². The van der Waals surface area contributed by atoms with Crippen molar-refractivity contribution < 1.29 is 22.7 Å². The number of ether oxygens (including phenoxy) is 1. The molecule has 1 aliphatic heterocycles. The first-order valence-corrected chi connectivity index (χ1v) is 7.55. The average Bonchev–Trinajstić information content (AvgIpc) is 2.54. The summed E-state index contributed by atoms with van der Waals surface area (Å²) >= 11 is 0. The van der Waals surface area contributed by atoms with E-state index in [0.717, 1.165) is 17.3 Å². The van der Waals surface area contributed by atoms with Gasteiger partial charge in [-0.25, -0.2) is 4.79 Å². The first kappa shape index (κ1) is 16.9. The van der Waals surface area contributed by atoms with Crippen LogP contribution in [0.1, 0.15) is 16.7 Å². The maximum atomic E-state index is 12.9. The number of hydrogen-bond acceptors (Lipinski definition) is 4. The lowest BCUT2D eigenvalue weighted by Gasteiger charge is -2.31. The van der Waals surface area contributed by atoms with E-state index in [1.54, 1.807) is 12.1 Å². The summed E-state index contributed by atoms with van der Waals surface area (Å²) in [5, 5.41) is 0. The fourth-order valence-corrected chi connectivity index (χ4v) is 2.89. The number of nitrogens with two attached hydrogens (primary N) is 2. The number of carbonyl (C=O) groups is 1. The van der Waals surface area contributed by atoms with Gasteiger partial charge in [-0.1, -0.05) is 6.07 Å². The van der Waals surface area contributed by atoms with Gasteiger partial charge in [0.2, 0.25) is 0 Å². The zero-order valence-electron chi connectivity index (χ0n) is 13.1. The van der Waals surface area contributed by atoms with Gasteiger partial charge in [-0.05, 0) is 47.9 Å². The van der Waals surface area contributed by atoms with Crippen LogP contribution in [-0.2, 0) is 19.1 Å². The number of hydrogen-bond donors (Lipinski definition) is 2. The molecule has 0 aliphatic carbocycles. The average molecular weight is 351 g/mol. The molecule has 2 aromatic rings. The second-order valence-corrected chi connectivity index (χ2v) is 5.80. The third-order valence-corrected chi connectivity index (χ3v) is 4.11. The Kier molecular flexibility index (Phi) is 4.20. The Bertz CT molecular complexity index is 821. The summed E-state index contributed by atoms with van der Waals surface area (Å²) < 4.78 is 43.5. The largest absolute Gasteiger partial charge is 0.416 e. The van der Waals surface area contributed by atoms with Crippen molar-refractivity contribution in [2.75, 3.05) is 17.2 Å². The second kappa shape index (κ2) is 6.19. The lowest BCUT2D eigenvalue weighted by Crippen LogP contribution is -2.30. The number of primary amides is 1. The Morgan fingerprint density at radius 2 is 1.88 bits per heavy atom. The number of rotatable bonds is 2. The third-order valence-electron chi connectivity index (χ3n) is 4.11. The highest BCUT2D eigenvalue weighted by atomic mass is 19.4. The van der Waals surface area contributed by atoms with E-state index in [1.165, 1.54) is 18.2 Å². The van der Waals surface area contributed by atoms with Gasteiger partial charge in [0, 0.05) is 18.8 Å². The number of fused-ring (bicyclic) bond motifs is 1. The summed E-state index contributed by atoms with van der Waals surface area (Å²) in [5.41, 5.74) is 12.7. The number of halogens is 3. The van der Waals surface area contributed by atoms with Crippen LogP contribution in [0.15, 0.2) is 36.4 Å². The molecule has 0 bridgehead atoms. The quantitative estimate of drug-likeness (QED) is 0.814. The summed E-state index contributed by atoms with van der Waals surface area (Å²) in [7, 11) is 0. The van der Waals surface area contributed by atoms with E-state index in [1.807, 2.05) is 4.90 Å². The first-order chi connectivity index (χ1) is 11.7. The van der Waals surface area contributed by atoms with E-state index in [-0.39, 0.29) is 11.4 Å². The minimum Gasteiger partial charge on any atom is -0.408 e. The number of benzene rings is 2. The van der Waals surface area contributed by atoms with E-state index in [4.69, 9.17) is 16.2 Å². The van der Waals surface area contributed by atoms with E-state index < -0.39 is 17.8 Å². The molecule has 0 unspecified atom stereocenters. The Labute approximate surface area is 142 Å². The van der Waals surface area contributed by atoms with Crippen molar-refractivity contribution in [2.45, 2.75) is 19.1 Å². The Balaban J connectivity index is 1.85. The molecule has 25 heavy (non-hydrogen) atoms. The Hall–Kier alpha value is -2.90. The molecule has 2 aromatic carbocycles. The fraction of sp³-hybridized carbons (Fsp3) is 0.235. The van der Waals surface area contributed by atoms with Crippen LogP contribution < -0.4 is 21.1 Å². The zero-order chi connectivity index (χ0) is 18.2. The van der Waals surface area contributed by atoms with Crippen LogP contribution in [0.5, 0.6) is 5.75 Å². The van der Waals surface area contributed by atoms with Gasteiger partial charge < -0.3 is 21.1 Å². The van der Waals surface area contributed by atoms with Gasteiger partial charge in [-0.3, -0.25) is 0 Å². The van der Waals surface area contributed by atoms with Gasteiger partial charge in [-0.2, -0.15) is 13.2 Å². The number of carbonyl (C=O) groups excluding carboxylic acids is 1. The monoisotopic (exact) mass is 351 g/mol. The molecule has 0 saturated heterocycles. The standard InChI is InChI=1S/C17H16F3N3O2/c18-17(19,20)12-2-1-10-5-6-23(9-11(10)7-12)13-3-4-15(14(21)8-13)25-16(22)24/h1-4,7-8H,5-6,9,21H2,(H2,22,24). The van der Waals surface area contributed by atoms with Crippen LogP contribution in [0.4, 0.5) is 29.3 Å². The molecule has 0 fully saturated rings. The topological polar surface area (TPSA) is 81.6 Å². The van der Waals surface area contributed by atoms with Crippen molar-refractivity contribution >= 4 is 17.5 Å². The van der Waals surface area contributed by atoms with Crippen LogP contribution in [0.25, 0.3) is 0 Å². The van der Waals surface area contributed by atoms with Crippen LogP contribution in [0.3, 0.4) is 0 Å². The molecule has 1 aliphatic rings. The SMILES string of the molecule is NC(=O)Oc1ccc(N2CCc3ccc(C(F)(F)F)cc3C2)cc1N. The van der Waals surface area contributed by atoms with Crippen LogP contribution in [-0.4, -0.2) is 12.6 Å². The number of anilines is 2. The molecule has 1 heterocycles. The second-order valence-electron chi connectivity index (χ2n) is 5.80. The van der Waals surface area contributed by atoms with Crippen LogP contribution in [0.2, 0.25) is 0 Å². The van der Waals surface area contributed by atoms with E-state index >= 15 is 0 Å². The highest BCUT2D eigenvalue weighted by molar-refractivity contribution is 5.73. The molecular formula is C17H16F3N3O2. The smallest absolute Gasteiger partial charge is 0.408 e. The summed E-state index contributed by atoms with van der Waals surface area (Å²) in [6.07, 6.45) is -4.70. The van der Waals surface area contributed by atoms with Crippen molar-refractivity contribution in [2.24, 2.45) is 5.73 Å². The van der Waals surface area contributed by atoms with Crippen LogP contribution in [0, 0.1) is 0 Å². The summed E-state index contributed by atoms with van der Waals surface area (Å²) in [4.78, 5) is 12.7. The van der Waals surface area contributed by atoms with Gasteiger partial charge in [0.1, 0.15) is 0 Å². The highest BCUT2D eigenvalue weighted by Crippen LogP contribution is 2.34. The van der Waals surface area contributed by atoms with Crippen molar-refractivity contribution in [1.82, 2.24) is 0 Å². The molecule has 1 amide bonds. The molecular weight excluding hydrogens is 335 g/mol. The lowest BCUT2D eigenvalue weighted by molar-refractivity contribution is -0.137. The maximum Gasteiger partial charge on any atom is 0.416 e. The molecule has 0 spiro atoms. The predicted molar refractivity (Wildman–Crippen MR) is 87.3 cm³/mol. The highest BCUT2D eigenvalue weighted by Gasteiger charge is 2.31. The van der Waals surface area contributed by atoms with Crippen molar-refractivity contribution in [3.05, 3.63) is 53.1 Å². The predicted octanol–water partition coefficient (Wildman–Crippen LogP) is 3.31. The summed E-state index contributed by atoms with van der Waals surface area (Å²) in [6, 6.07) is 8.65. The fourth-order valence-electron chi connectivity index (χ4n) is 2.89. The molecule has 0 radical (unpaired) electrons. The van der Waals surface area contributed by atoms with Crippen molar-refractivity contribution in [3.8, 4) is 5.75 Å². The molecule has 0 atom stereocenters. The Morgan fingerprint density at radius 1 is 1.12 bits per heavy atom.